The van der Waals surface area contributed by atoms with Crippen LogP contribution in [0.3, 0.4) is 0 Å². The number of urea groups is 1. The Labute approximate surface area is 145 Å². The molecule has 128 valence electrons. The van der Waals surface area contributed by atoms with Crippen LogP contribution in [0, 0.1) is 0 Å². The Balaban J connectivity index is 1.71. The molecule has 0 N–H and O–H groups in total. The normalized spacial score (nSPS) is 18.9. The average Bonchev–Trinajstić information content (AvgIpc) is 2.89. The van der Waals surface area contributed by atoms with Crippen molar-refractivity contribution in [1.82, 2.24) is 4.90 Å². The van der Waals surface area contributed by atoms with Crippen LogP contribution < -0.4 is 14.4 Å². The lowest BCUT2D eigenvalue weighted by atomic mass is 9.94. The summed E-state index contributed by atoms with van der Waals surface area (Å²) in [6.07, 6.45) is 0.476. The first-order valence-electron chi connectivity index (χ1n) is 8.07. The summed E-state index contributed by atoms with van der Waals surface area (Å²) in [7, 11) is 3.16. The molecule has 0 radical (unpaired) electrons. The van der Waals surface area contributed by atoms with Crippen LogP contribution in [0.25, 0.3) is 0 Å². The molecule has 2 aromatic rings. The molecule has 4 rings (SSSR count). The number of carbonyl (C=O) groups is 2. The number of ether oxygens (including phenoxy) is 2. The minimum Gasteiger partial charge on any atom is -0.493 e. The molecule has 1 saturated heterocycles. The van der Waals surface area contributed by atoms with E-state index in [9.17, 15) is 9.59 Å². The van der Waals surface area contributed by atoms with Gasteiger partial charge in [0.25, 0.3) is 5.91 Å². The second kappa shape index (κ2) is 5.81. The van der Waals surface area contributed by atoms with Gasteiger partial charge in [-0.05, 0) is 35.4 Å². The molecule has 6 heteroatoms. The van der Waals surface area contributed by atoms with E-state index < -0.39 is 6.04 Å². The van der Waals surface area contributed by atoms with E-state index in [4.69, 9.17) is 9.47 Å². The third kappa shape index (κ3) is 2.33. The Hall–Kier alpha value is -3.02. The maximum Gasteiger partial charge on any atom is 0.332 e. The van der Waals surface area contributed by atoms with Gasteiger partial charge in [-0.2, -0.15) is 0 Å². The van der Waals surface area contributed by atoms with Crippen LogP contribution in [0.15, 0.2) is 42.5 Å². The van der Waals surface area contributed by atoms with Gasteiger partial charge >= 0.3 is 6.03 Å². The number of fused-ring (bicyclic) bond motifs is 2. The Bertz CT molecular complexity index is 799. The quantitative estimate of drug-likeness (QED) is 0.807. The number of methoxy groups -OCH3 is 2. The Morgan fingerprint density at radius 1 is 0.960 bits per heavy atom. The Kier molecular flexibility index (Phi) is 3.60. The van der Waals surface area contributed by atoms with Gasteiger partial charge in [-0.15, -0.1) is 0 Å². The molecule has 1 unspecified atom stereocenters. The first-order chi connectivity index (χ1) is 12.1. The fourth-order valence-corrected chi connectivity index (χ4v) is 3.52. The maximum atomic E-state index is 12.8. The van der Waals surface area contributed by atoms with Gasteiger partial charge in [0, 0.05) is 13.0 Å². The summed E-state index contributed by atoms with van der Waals surface area (Å²) in [6, 6.07) is 12.1. The molecule has 2 aliphatic heterocycles. The maximum absolute atomic E-state index is 12.8. The number of rotatable bonds is 3. The molecule has 3 amide bonds. The van der Waals surface area contributed by atoms with Crippen LogP contribution in [0.1, 0.15) is 11.1 Å². The summed E-state index contributed by atoms with van der Waals surface area (Å²) in [5.41, 5.74) is 2.59. The second-order valence-electron chi connectivity index (χ2n) is 6.12. The van der Waals surface area contributed by atoms with Crippen molar-refractivity contribution in [2.75, 3.05) is 19.1 Å². The minimum atomic E-state index is -0.474. The molecular weight excluding hydrogens is 320 g/mol. The van der Waals surface area contributed by atoms with E-state index in [1.54, 1.807) is 31.3 Å². The summed E-state index contributed by atoms with van der Waals surface area (Å²) >= 11 is 0. The topological polar surface area (TPSA) is 59.1 Å². The number of imide groups is 1. The van der Waals surface area contributed by atoms with Crippen molar-refractivity contribution in [3.63, 3.8) is 0 Å². The Morgan fingerprint density at radius 3 is 2.24 bits per heavy atom. The van der Waals surface area contributed by atoms with Gasteiger partial charge in [-0.25, -0.2) is 9.69 Å². The smallest absolute Gasteiger partial charge is 0.332 e. The van der Waals surface area contributed by atoms with Crippen molar-refractivity contribution in [3.8, 4) is 11.5 Å². The predicted octanol–water partition coefficient (Wildman–Crippen LogP) is 2.60. The van der Waals surface area contributed by atoms with Crippen molar-refractivity contribution in [3.05, 3.63) is 53.6 Å². The third-order valence-electron chi connectivity index (χ3n) is 4.79. The second-order valence-corrected chi connectivity index (χ2v) is 6.12. The molecule has 2 aliphatic rings. The van der Waals surface area contributed by atoms with E-state index in [0.717, 1.165) is 11.1 Å². The molecule has 0 aromatic heterocycles. The predicted molar refractivity (Wildman–Crippen MR) is 91.9 cm³/mol. The van der Waals surface area contributed by atoms with Gasteiger partial charge in [0.1, 0.15) is 6.04 Å². The molecule has 2 heterocycles. The van der Waals surface area contributed by atoms with Gasteiger partial charge in [0.2, 0.25) is 0 Å². The van der Waals surface area contributed by atoms with Crippen molar-refractivity contribution in [2.24, 2.45) is 0 Å². The standard InChI is InChI=1S/C19H18N2O4/c1-24-16-9-12-8-15-18(22)21(14-6-4-3-5-7-14)19(23)20(15)11-13(12)10-17(16)25-2/h3-7,9-10,15H,8,11H2,1-2H3. The first-order valence-corrected chi connectivity index (χ1v) is 8.07. The number of nitrogens with zero attached hydrogens (tertiary/aromatic N) is 2. The monoisotopic (exact) mass is 338 g/mol. The number of amides is 3. The third-order valence-corrected chi connectivity index (χ3v) is 4.79. The van der Waals surface area contributed by atoms with Crippen LogP contribution in [-0.4, -0.2) is 37.1 Å². The van der Waals surface area contributed by atoms with Gasteiger partial charge in [-0.3, -0.25) is 4.79 Å². The molecule has 6 nitrogen and oxygen atoms in total. The summed E-state index contributed by atoms with van der Waals surface area (Å²) < 4.78 is 10.7. The highest BCUT2D eigenvalue weighted by atomic mass is 16.5. The number of hydrogen-bond donors (Lipinski definition) is 0. The highest BCUT2D eigenvalue weighted by Crippen LogP contribution is 2.38. The van der Waals surface area contributed by atoms with Gasteiger partial charge < -0.3 is 14.4 Å². The van der Waals surface area contributed by atoms with E-state index in [1.807, 2.05) is 30.3 Å². The molecule has 1 atom stereocenters. The van der Waals surface area contributed by atoms with E-state index >= 15 is 0 Å². The van der Waals surface area contributed by atoms with Gasteiger partial charge in [0.05, 0.1) is 19.9 Å². The van der Waals surface area contributed by atoms with Gasteiger partial charge in [-0.1, -0.05) is 18.2 Å². The molecule has 0 spiro atoms. The lowest BCUT2D eigenvalue weighted by Gasteiger charge is -2.29. The fourth-order valence-electron chi connectivity index (χ4n) is 3.52. The average molecular weight is 338 g/mol. The van der Waals surface area contributed by atoms with Crippen molar-refractivity contribution in [2.45, 2.75) is 19.0 Å². The van der Waals surface area contributed by atoms with Crippen LogP contribution in [0.2, 0.25) is 0 Å². The zero-order valence-electron chi connectivity index (χ0n) is 14.1. The summed E-state index contributed by atoms with van der Waals surface area (Å²) in [4.78, 5) is 28.6. The fraction of sp³-hybridized carbons (Fsp3) is 0.263. The largest absolute Gasteiger partial charge is 0.493 e. The lowest BCUT2D eigenvalue weighted by molar-refractivity contribution is -0.120. The minimum absolute atomic E-state index is 0.184. The van der Waals surface area contributed by atoms with Gasteiger partial charge in [0.15, 0.2) is 11.5 Å². The summed E-state index contributed by atoms with van der Waals surface area (Å²) in [6.45, 7) is 0.383. The molecule has 2 aromatic carbocycles. The first kappa shape index (κ1) is 15.5. The van der Waals surface area contributed by atoms with Crippen molar-refractivity contribution < 1.29 is 19.1 Å². The number of anilines is 1. The van der Waals surface area contributed by atoms with Crippen molar-refractivity contribution >= 4 is 17.6 Å². The number of para-hydroxylation sites is 1. The molecule has 1 fully saturated rings. The zero-order valence-corrected chi connectivity index (χ0v) is 14.1. The van der Waals surface area contributed by atoms with Crippen LogP contribution in [0.4, 0.5) is 10.5 Å². The van der Waals surface area contributed by atoms with E-state index in [0.29, 0.717) is 30.2 Å². The Morgan fingerprint density at radius 2 is 1.60 bits per heavy atom. The summed E-state index contributed by atoms with van der Waals surface area (Å²) in [5, 5.41) is 0. The van der Waals surface area contributed by atoms with E-state index in [1.165, 1.54) is 4.90 Å². The number of hydrogen-bond acceptors (Lipinski definition) is 4. The highest BCUT2D eigenvalue weighted by Gasteiger charge is 2.48. The molecular formula is C19H18N2O4. The molecule has 25 heavy (non-hydrogen) atoms. The summed E-state index contributed by atoms with van der Waals surface area (Å²) in [5.74, 6) is 1.07. The molecule has 0 saturated carbocycles. The van der Waals surface area contributed by atoms with Crippen LogP contribution in [0.5, 0.6) is 11.5 Å². The molecule has 0 bridgehead atoms. The number of benzene rings is 2. The van der Waals surface area contributed by atoms with Crippen LogP contribution >= 0.6 is 0 Å². The van der Waals surface area contributed by atoms with E-state index in [2.05, 4.69) is 0 Å². The SMILES string of the molecule is COc1cc2c(cc1OC)CN1C(=O)N(c3ccccc3)C(=O)C1C2. The van der Waals surface area contributed by atoms with Crippen LogP contribution in [-0.2, 0) is 17.8 Å². The lowest BCUT2D eigenvalue weighted by Crippen LogP contribution is -2.40. The molecule has 0 aliphatic carbocycles. The van der Waals surface area contributed by atoms with Crippen molar-refractivity contribution in [1.29, 1.82) is 0 Å². The number of carbonyl (C=O) groups excluding carboxylic acids is 2. The van der Waals surface area contributed by atoms with E-state index in [-0.39, 0.29) is 11.9 Å². The highest BCUT2D eigenvalue weighted by molar-refractivity contribution is 6.21. The zero-order chi connectivity index (χ0) is 17.6.